The lowest BCUT2D eigenvalue weighted by molar-refractivity contribution is 0.217. The molecule has 120 valence electrons. The van der Waals surface area contributed by atoms with Crippen LogP contribution in [0.5, 0.6) is 5.88 Å². The lowest BCUT2D eigenvalue weighted by atomic mass is 10.3. The molecule has 1 aromatic carbocycles. The van der Waals surface area contributed by atoms with E-state index in [4.69, 9.17) is 27.9 Å². The quantitative estimate of drug-likeness (QED) is 0.755. The van der Waals surface area contributed by atoms with Crippen molar-refractivity contribution < 1.29 is 4.74 Å². The highest BCUT2D eigenvalue weighted by Crippen LogP contribution is 2.25. The van der Waals surface area contributed by atoms with Crippen LogP contribution in [0.2, 0.25) is 10.0 Å². The normalized spacial score (nSPS) is 11.2. The zero-order valence-electron chi connectivity index (χ0n) is 13.1. The van der Waals surface area contributed by atoms with Crippen molar-refractivity contribution >= 4 is 23.2 Å². The van der Waals surface area contributed by atoms with Crippen LogP contribution in [0.4, 0.5) is 0 Å². The second-order valence-electron chi connectivity index (χ2n) is 5.01. The number of nitrogens with zero attached hydrogens (tertiary/aromatic N) is 3. The van der Waals surface area contributed by atoms with Gasteiger partial charge in [-0.3, -0.25) is 0 Å². The van der Waals surface area contributed by atoms with Crippen molar-refractivity contribution in [3.8, 4) is 11.6 Å². The maximum absolute atomic E-state index is 6.06. The highest BCUT2D eigenvalue weighted by atomic mass is 35.5. The van der Waals surface area contributed by atoms with Gasteiger partial charge in [-0.1, -0.05) is 37.0 Å². The van der Waals surface area contributed by atoms with E-state index in [-0.39, 0.29) is 0 Å². The van der Waals surface area contributed by atoms with Gasteiger partial charge in [-0.05, 0) is 38.2 Å². The molecule has 0 atom stereocenters. The minimum Gasteiger partial charge on any atom is -0.475 e. The van der Waals surface area contributed by atoms with Gasteiger partial charge in [0.1, 0.15) is 6.61 Å². The molecule has 0 N–H and O–H groups in total. The first-order valence-electron chi connectivity index (χ1n) is 7.42. The minimum atomic E-state index is 0.512. The average molecular weight is 342 g/mol. The van der Waals surface area contributed by atoms with Crippen molar-refractivity contribution in [1.29, 1.82) is 0 Å². The van der Waals surface area contributed by atoms with Gasteiger partial charge >= 0.3 is 0 Å². The fraction of sp³-hybridized carbons (Fsp3) is 0.438. The summed E-state index contributed by atoms with van der Waals surface area (Å²) >= 11 is 12.0. The predicted molar refractivity (Wildman–Crippen MR) is 91.6 cm³/mol. The molecule has 0 radical (unpaired) electrons. The number of likely N-dealkylation sites (N-methyl/N-ethyl adjacent to an activating group) is 1. The van der Waals surface area contributed by atoms with Gasteiger partial charge in [0.25, 0.3) is 0 Å². The Balaban J connectivity index is 2.06. The molecular weight excluding hydrogens is 321 g/mol. The standard InChI is InChI=1S/C16H21Cl2N3O/c1-4-20(5-2)8-9-22-16-10-12(3)21(19-16)13-6-7-14(17)15(18)11-13/h6-7,10-11H,4-5,8-9H2,1-3H3. The Morgan fingerprint density at radius 3 is 2.50 bits per heavy atom. The Morgan fingerprint density at radius 2 is 1.86 bits per heavy atom. The number of aromatic nitrogens is 2. The topological polar surface area (TPSA) is 30.3 Å². The zero-order valence-corrected chi connectivity index (χ0v) is 14.7. The summed E-state index contributed by atoms with van der Waals surface area (Å²) in [6.07, 6.45) is 0. The highest BCUT2D eigenvalue weighted by Gasteiger charge is 2.09. The summed E-state index contributed by atoms with van der Waals surface area (Å²) in [6.45, 7) is 9.84. The summed E-state index contributed by atoms with van der Waals surface area (Å²) < 4.78 is 7.54. The monoisotopic (exact) mass is 341 g/mol. The van der Waals surface area contributed by atoms with E-state index < -0.39 is 0 Å². The van der Waals surface area contributed by atoms with Crippen LogP contribution in [-0.4, -0.2) is 40.9 Å². The molecular formula is C16H21Cl2N3O. The van der Waals surface area contributed by atoms with Crippen LogP contribution in [0.25, 0.3) is 5.69 Å². The lowest BCUT2D eigenvalue weighted by Gasteiger charge is -2.17. The van der Waals surface area contributed by atoms with E-state index in [1.165, 1.54) is 0 Å². The van der Waals surface area contributed by atoms with Gasteiger partial charge in [0, 0.05) is 18.3 Å². The van der Waals surface area contributed by atoms with Crippen molar-refractivity contribution in [2.24, 2.45) is 0 Å². The van der Waals surface area contributed by atoms with Crippen LogP contribution in [0, 0.1) is 6.92 Å². The summed E-state index contributed by atoms with van der Waals surface area (Å²) in [5, 5.41) is 5.52. The van der Waals surface area contributed by atoms with Crippen LogP contribution in [0.15, 0.2) is 24.3 Å². The largest absolute Gasteiger partial charge is 0.475 e. The molecule has 0 fully saturated rings. The van der Waals surface area contributed by atoms with E-state index in [1.807, 2.05) is 19.1 Å². The minimum absolute atomic E-state index is 0.512. The molecule has 0 saturated carbocycles. The Hall–Kier alpha value is -1.23. The number of hydrogen-bond acceptors (Lipinski definition) is 3. The smallest absolute Gasteiger partial charge is 0.233 e. The number of benzene rings is 1. The van der Waals surface area contributed by atoms with Gasteiger partial charge in [-0.2, -0.15) is 0 Å². The van der Waals surface area contributed by atoms with Gasteiger partial charge in [-0.25, -0.2) is 4.68 Å². The molecule has 1 aromatic heterocycles. The molecule has 0 aliphatic heterocycles. The summed E-state index contributed by atoms with van der Waals surface area (Å²) in [4.78, 5) is 2.31. The number of hydrogen-bond donors (Lipinski definition) is 0. The summed E-state index contributed by atoms with van der Waals surface area (Å²) in [5.41, 5.74) is 1.85. The van der Waals surface area contributed by atoms with Gasteiger partial charge in [-0.15, -0.1) is 5.10 Å². The van der Waals surface area contributed by atoms with E-state index in [9.17, 15) is 0 Å². The van der Waals surface area contributed by atoms with Crippen LogP contribution >= 0.6 is 23.2 Å². The van der Waals surface area contributed by atoms with Gasteiger partial charge in [0.2, 0.25) is 5.88 Å². The first-order chi connectivity index (χ1) is 10.5. The molecule has 4 nitrogen and oxygen atoms in total. The first kappa shape index (κ1) is 17.1. The number of halogens is 2. The molecule has 22 heavy (non-hydrogen) atoms. The highest BCUT2D eigenvalue weighted by molar-refractivity contribution is 6.42. The predicted octanol–water partition coefficient (Wildman–Crippen LogP) is 4.21. The Labute approximate surface area is 141 Å². The van der Waals surface area contributed by atoms with E-state index in [1.54, 1.807) is 16.8 Å². The fourth-order valence-corrected chi connectivity index (χ4v) is 2.51. The molecule has 0 amide bonds. The van der Waals surface area contributed by atoms with Crippen molar-refractivity contribution in [3.63, 3.8) is 0 Å². The van der Waals surface area contributed by atoms with Crippen LogP contribution in [0.1, 0.15) is 19.5 Å². The zero-order chi connectivity index (χ0) is 16.1. The van der Waals surface area contributed by atoms with Crippen LogP contribution < -0.4 is 4.74 Å². The lowest BCUT2D eigenvalue weighted by Crippen LogP contribution is -2.27. The third-order valence-corrected chi connectivity index (χ3v) is 4.30. The van der Waals surface area contributed by atoms with E-state index in [0.29, 0.717) is 22.5 Å². The van der Waals surface area contributed by atoms with E-state index >= 15 is 0 Å². The molecule has 0 saturated heterocycles. The molecule has 2 aromatic rings. The molecule has 0 aliphatic carbocycles. The molecule has 1 heterocycles. The Kier molecular flexibility index (Phi) is 6.12. The van der Waals surface area contributed by atoms with Crippen molar-refractivity contribution in [2.45, 2.75) is 20.8 Å². The van der Waals surface area contributed by atoms with Gasteiger partial charge < -0.3 is 9.64 Å². The summed E-state index contributed by atoms with van der Waals surface area (Å²) in [6, 6.07) is 7.36. The maximum atomic E-state index is 6.06. The molecule has 2 rings (SSSR count). The number of ether oxygens (including phenoxy) is 1. The molecule has 6 heteroatoms. The summed E-state index contributed by atoms with van der Waals surface area (Å²) in [7, 11) is 0. The second-order valence-corrected chi connectivity index (χ2v) is 5.82. The molecule has 0 bridgehead atoms. The van der Waals surface area contributed by atoms with Crippen molar-refractivity contribution in [2.75, 3.05) is 26.2 Å². The van der Waals surface area contributed by atoms with Crippen molar-refractivity contribution in [3.05, 3.63) is 40.0 Å². The van der Waals surface area contributed by atoms with E-state index in [2.05, 4.69) is 23.8 Å². The SMILES string of the molecule is CCN(CC)CCOc1cc(C)n(-c2ccc(Cl)c(Cl)c2)n1. The second kappa shape index (κ2) is 7.86. The number of aryl methyl sites for hydroxylation is 1. The number of rotatable bonds is 7. The molecule has 0 aliphatic rings. The Bertz CT molecular complexity index is 624. The van der Waals surface area contributed by atoms with Gasteiger partial charge in [0.05, 0.1) is 15.7 Å². The third-order valence-electron chi connectivity index (χ3n) is 3.56. The van der Waals surface area contributed by atoms with Crippen molar-refractivity contribution in [1.82, 2.24) is 14.7 Å². The average Bonchev–Trinajstić information content (AvgIpc) is 2.87. The summed E-state index contributed by atoms with van der Waals surface area (Å²) in [5.74, 6) is 0.621. The Morgan fingerprint density at radius 1 is 1.14 bits per heavy atom. The van der Waals surface area contributed by atoms with Crippen LogP contribution in [-0.2, 0) is 0 Å². The van der Waals surface area contributed by atoms with Crippen LogP contribution in [0.3, 0.4) is 0 Å². The van der Waals surface area contributed by atoms with Gasteiger partial charge in [0.15, 0.2) is 0 Å². The molecule has 0 spiro atoms. The third kappa shape index (κ3) is 4.15. The fourth-order valence-electron chi connectivity index (χ4n) is 2.21. The van der Waals surface area contributed by atoms with E-state index in [0.717, 1.165) is 31.0 Å². The molecule has 0 unspecified atom stereocenters. The maximum Gasteiger partial charge on any atom is 0.233 e. The first-order valence-corrected chi connectivity index (χ1v) is 8.18.